The Balaban J connectivity index is 2.22. The SMILES string of the molecule is CCCCOC(=O)NC1(C=O)CCC1. The second-order valence-electron chi connectivity index (χ2n) is 3.74. The van der Waals surface area contributed by atoms with Crippen molar-refractivity contribution in [2.24, 2.45) is 0 Å². The molecule has 0 unspecified atom stereocenters. The highest BCUT2D eigenvalue weighted by atomic mass is 16.5. The molecule has 1 N–H and O–H groups in total. The highest BCUT2D eigenvalue weighted by Crippen LogP contribution is 2.29. The summed E-state index contributed by atoms with van der Waals surface area (Å²) in [6, 6.07) is 0. The molecule has 1 rings (SSSR count). The fraction of sp³-hybridized carbons (Fsp3) is 0.800. The number of hydrogen-bond acceptors (Lipinski definition) is 3. The summed E-state index contributed by atoms with van der Waals surface area (Å²) in [6.07, 6.45) is 4.67. The van der Waals surface area contributed by atoms with Crippen LogP contribution in [0, 0.1) is 0 Å². The number of carbonyl (C=O) groups excluding carboxylic acids is 2. The zero-order valence-corrected chi connectivity index (χ0v) is 8.54. The van der Waals surface area contributed by atoms with Gasteiger partial charge in [-0.25, -0.2) is 4.79 Å². The normalized spacial score (nSPS) is 18.1. The summed E-state index contributed by atoms with van der Waals surface area (Å²) in [4.78, 5) is 21.9. The lowest BCUT2D eigenvalue weighted by Gasteiger charge is -2.36. The van der Waals surface area contributed by atoms with Gasteiger partial charge in [0.2, 0.25) is 0 Å². The molecule has 0 aromatic rings. The largest absolute Gasteiger partial charge is 0.450 e. The summed E-state index contributed by atoms with van der Waals surface area (Å²) in [6.45, 7) is 2.46. The lowest BCUT2D eigenvalue weighted by Crippen LogP contribution is -2.54. The van der Waals surface area contributed by atoms with Gasteiger partial charge in [0.1, 0.15) is 6.29 Å². The van der Waals surface area contributed by atoms with Gasteiger partial charge >= 0.3 is 6.09 Å². The van der Waals surface area contributed by atoms with E-state index >= 15 is 0 Å². The predicted octanol–water partition coefficient (Wildman–Crippen LogP) is 1.63. The first-order chi connectivity index (χ1) is 6.72. The van der Waals surface area contributed by atoms with E-state index in [1.54, 1.807) is 0 Å². The molecule has 0 bridgehead atoms. The van der Waals surface area contributed by atoms with E-state index in [2.05, 4.69) is 5.32 Å². The highest BCUT2D eigenvalue weighted by Gasteiger charge is 2.38. The van der Waals surface area contributed by atoms with Crippen molar-refractivity contribution in [2.75, 3.05) is 6.61 Å². The summed E-state index contributed by atoms with van der Waals surface area (Å²) in [5.41, 5.74) is -0.622. The number of unbranched alkanes of at least 4 members (excludes halogenated alkanes) is 1. The molecule has 1 fully saturated rings. The number of ether oxygens (including phenoxy) is 1. The summed E-state index contributed by atoms with van der Waals surface area (Å²) in [5.74, 6) is 0. The first-order valence-electron chi connectivity index (χ1n) is 5.14. The molecule has 1 aliphatic rings. The molecular weight excluding hydrogens is 182 g/mol. The van der Waals surface area contributed by atoms with Gasteiger partial charge in [0, 0.05) is 0 Å². The fourth-order valence-electron chi connectivity index (χ4n) is 1.38. The molecule has 0 aromatic heterocycles. The van der Waals surface area contributed by atoms with Gasteiger partial charge in [-0.15, -0.1) is 0 Å². The van der Waals surface area contributed by atoms with E-state index in [4.69, 9.17) is 4.74 Å². The maximum atomic E-state index is 11.2. The Morgan fingerprint density at radius 3 is 2.71 bits per heavy atom. The molecule has 0 radical (unpaired) electrons. The standard InChI is InChI=1S/C10H17NO3/c1-2-3-7-14-9(13)11-10(8-12)5-4-6-10/h8H,2-7H2,1H3,(H,11,13). The minimum absolute atomic E-state index is 0.428. The molecule has 1 saturated carbocycles. The van der Waals surface area contributed by atoms with Crippen molar-refractivity contribution in [3.63, 3.8) is 0 Å². The summed E-state index contributed by atoms with van der Waals surface area (Å²) in [7, 11) is 0. The van der Waals surface area contributed by atoms with Crippen molar-refractivity contribution >= 4 is 12.4 Å². The fourth-order valence-corrected chi connectivity index (χ4v) is 1.38. The van der Waals surface area contributed by atoms with E-state index in [1.165, 1.54) is 0 Å². The Morgan fingerprint density at radius 1 is 1.57 bits per heavy atom. The first-order valence-corrected chi connectivity index (χ1v) is 5.14. The molecule has 0 aromatic carbocycles. The van der Waals surface area contributed by atoms with E-state index in [0.717, 1.165) is 38.4 Å². The summed E-state index contributed by atoms with van der Waals surface area (Å²) in [5, 5.41) is 2.61. The molecule has 0 aliphatic heterocycles. The van der Waals surface area contributed by atoms with Gasteiger partial charge in [-0.2, -0.15) is 0 Å². The Morgan fingerprint density at radius 2 is 2.29 bits per heavy atom. The number of amides is 1. The lowest BCUT2D eigenvalue weighted by atomic mass is 9.78. The first kappa shape index (κ1) is 11.0. The van der Waals surface area contributed by atoms with Crippen LogP contribution in [-0.2, 0) is 9.53 Å². The third-order valence-electron chi connectivity index (χ3n) is 2.55. The molecule has 14 heavy (non-hydrogen) atoms. The number of aldehydes is 1. The number of rotatable bonds is 5. The third-order valence-corrected chi connectivity index (χ3v) is 2.55. The van der Waals surface area contributed by atoms with Gasteiger partial charge in [0.15, 0.2) is 0 Å². The van der Waals surface area contributed by atoms with Crippen molar-refractivity contribution in [1.29, 1.82) is 0 Å². The molecule has 4 nitrogen and oxygen atoms in total. The monoisotopic (exact) mass is 199 g/mol. The second-order valence-corrected chi connectivity index (χ2v) is 3.74. The molecule has 0 saturated heterocycles. The van der Waals surface area contributed by atoms with Crippen LogP contribution in [0.4, 0.5) is 4.79 Å². The Bertz CT molecular complexity index is 211. The summed E-state index contributed by atoms with van der Waals surface area (Å²) < 4.78 is 4.91. The van der Waals surface area contributed by atoms with Crippen LogP contribution >= 0.6 is 0 Å². The Kier molecular flexibility index (Phi) is 3.92. The molecule has 1 aliphatic carbocycles. The number of hydrogen-bond donors (Lipinski definition) is 1. The molecule has 0 spiro atoms. The number of alkyl carbamates (subject to hydrolysis) is 1. The van der Waals surface area contributed by atoms with E-state index in [-0.39, 0.29) is 0 Å². The van der Waals surface area contributed by atoms with Crippen LogP contribution in [0.1, 0.15) is 39.0 Å². The van der Waals surface area contributed by atoms with Gasteiger partial charge in [0.25, 0.3) is 0 Å². The van der Waals surface area contributed by atoms with Crippen molar-refractivity contribution < 1.29 is 14.3 Å². The van der Waals surface area contributed by atoms with Crippen molar-refractivity contribution in [3.8, 4) is 0 Å². The topological polar surface area (TPSA) is 55.4 Å². The maximum Gasteiger partial charge on any atom is 0.407 e. The van der Waals surface area contributed by atoms with Crippen LogP contribution in [0.2, 0.25) is 0 Å². The number of carbonyl (C=O) groups is 2. The van der Waals surface area contributed by atoms with E-state index in [9.17, 15) is 9.59 Å². The van der Waals surface area contributed by atoms with Crippen LogP contribution in [-0.4, -0.2) is 24.5 Å². The van der Waals surface area contributed by atoms with Gasteiger partial charge in [-0.3, -0.25) is 0 Å². The zero-order valence-electron chi connectivity index (χ0n) is 8.54. The number of nitrogens with one attached hydrogen (secondary N) is 1. The van der Waals surface area contributed by atoms with Gasteiger partial charge < -0.3 is 14.8 Å². The molecule has 0 atom stereocenters. The molecule has 4 heteroatoms. The molecule has 1 amide bonds. The van der Waals surface area contributed by atoms with Crippen LogP contribution in [0.25, 0.3) is 0 Å². The average Bonchev–Trinajstić information content (AvgIpc) is 2.12. The maximum absolute atomic E-state index is 11.2. The minimum atomic E-state index is -0.622. The minimum Gasteiger partial charge on any atom is -0.450 e. The zero-order chi connectivity index (χ0) is 10.4. The van der Waals surface area contributed by atoms with E-state index in [0.29, 0.717) is 6.61 Å². The molecule has 80 valence electrons. The van der Waals surface area contributed by atoms with Gasteiger partial charge in [-0.05, 0) is 25.7 Å². The summed E-state index contributed by atoms with van der Waals surface area (Å²) >= 11 is 0. The lowest BCUT2D eigenvalue weighted by molar-refractivity contribution is -0.116. The van der Waals surface area contributed by atoms with Crippen LogP contribution in [0.5, 0.6) is 0 Å². The van der Waals surface area contributed by atoms with Crippen LogP contribution in [0.15, 0.2) is 0 Å². The van der Waals surface area contributed by atoms with E-state index < -0.39 is 11.6 Å². The average molecular weight is 199 g/mol. The second kappa shape index (κ2) is 4.98. The predicted molar refractivity (Wildman–Crippen MR) is 52.0 cm³/mol. The van der Waals surface area contributed by atoms with E-state index in [1.807, 2.05) is 6.92 Å². The van der Waals surface area contributed by atoms with Crippen LogP contribution < -0.4 is 5.32 Å². The van der Waals surface area contributed by atoms with Gasteiger partial charge in [-0.1, -0.05) is 13.3 Å². The smallest absolute Gasteiger partial charge is 0.407 e. The van der Waals surface area contributed by atoms with Gasteiger partial charge in [0.05, 0.1) is 12.1 Å². The third kappa shape index (κ3) is 2.72. The quantitative estimate of drug-likeness (QED) is 0.541. The Labute approximate surface area is 84.0 Å². The Hall–Kier alpha value is -1.06. The van der Waals surface area contributed by atoms with Crippen molar-refractivity contribution in [2.45, 2.75) is 44.6 Å². The molecule has 0 heterocycles. The van der Waals surface area contributed by atoms with Crippen molar-refractivity contribution in [1.82, 2.24) is 5.32 Å². The molecular formula is C10H17NO3. The highest BCUT2D eigenvalue weighted by molar-refractivity contribution is 5.77. The van der Waals surface area contributed by atoms with Crippen LogP contribution in [0.3, 0.4) is 0 Å². The van der Waals surface area contributed by atoms with Crippen molar-refractivity contribution in [3.05, 3.63) is 0 Å².